The third-order valence-electron chi connectivity index (χ3n) is 2.12. The van der Waals surface area contributed by atoms with E-state index in [1.54, 1.807) is 12.1 Å². The second-order valence-corrected chi connectivity index (χ2v) is 3.54. The van der Waals surface area contributed by atoms with Gasteiger partial charge in [0, 0.05) is 0 Å². The van der Waals surface area contributed by atoms with Crippen molar-refractivity contribution in [1.29, 1.82) is 5.26 Å². The molecule has 2 N–H and O–H groups in total. The molecule has 0 aliphatic rings. The summed E-state index contributed by atoms with van der Waals surface area (Å²) in [6, 6.07) is 11.1. The lowest BCUT2D eigenvalue weighted by Crippen LogP contribution is -2.13. The molecule has 0 spiro atoms. The summed E-state index contributed by atoms with van der Waals surface area (Å²) in [6.07, 6.45) is 0. The molecule has 0 saturated heterocycles. The predicted octanol–water partition coefficient (Wildman–Crippen LogP) is 1.97. The molecule has 16 heavy (non-hydrogen) atoms. The van der Waals surface area contributed by atoms with Crippen molar-refractivity contribution < 1.29 is 0 Å². The van der Waals surface area contributed by atoms with E-state index in [1.165, 1.54) is 0 Å². The number of nitrogens with one attached hydrogen (secondary N) is 2. The molecule has 0 bridgehead atoms. The summed E-state index contributed by atoms with van der Waals surface area (Å²) in [5, 5.41) is 8.99. The van der Waals surface area contributed by atoms with Crippen molar-refractivity contribution in [3.63, 3.8) is 0 Å². The SMILES string of the molecule is N#Cc1c(-c2ccccc2)[nH]c(=O)[nH]c1=S. The molecule has 1 heterocycles. The summed E-state index contributed by atoms with van der Waals surface area (Å²) >= 11 is 4.93. The van der Waals surface area contributed by atoms with Gasteiger partial charge < -0.3 is 4.98 Å². The van der Waals surface area contributed by atoms with Crippen LogP contribution in [-0.2, 0) is 0 Å². The van der Waals surface area contributed by atoms with Crippen LogP contribution < -0.4 is 5.69 Å². The van der Waals surface area contributed by atoms with Crippen LogP contribution in [-0.4, -0.2) is 9.97 Å². The Balaban J connectivity index is 2.81. The lowest BCUT2D eigenvalue weighted by molar-refractivity contribution is 1.06. The van der Waals surface area contributed by atoms with Gasteiger partial charge >= 0.3 is 5.69 Å². The molecule has 4 nitrogen and oxygen atoms in total. The second kappa shape index (κ2) is 4.13. The molecular formula is C11H7N3OS. The average Bonchev–Trinajstić information content (AvgIpc) is 2.29. The molecule has 78 valence electrons. The Bertz CT molecular complexity index is 664. The van der Waals surface area contributed by atoms with Crippen molar-refractivity contribution >= 4 is 12.2 Å². The molecule has 0 unspecified atom stereocenters. The first kappa shape index (κ1) is 10.3. The van der Waals surface area contributed by atoms with Gasteiger partial charge in [-0.05, 0) is 5.56 Å². The van der Waals surface area contributed by atoms with E-state index in [4.69, 9.17) is 17.5 Å². The highest BCUT2D eigenvalue weighted by Crippen LogP contribution is 2.18. The van der Waals surface area contributed by atoms with E-state index in [9.17, 15) is 4.79 Å². The minimum Gasteiger partial charge on any atom is -0.306 e. The molecule has 5 heteroatoms. The first-order valence-corrected chi connectivity index (χ1v) is 4.95. The largest absolute Gasteiger partial charge is 0.324 e. The first-order chi connectivity index (χ1) is 7.72. The maximum atomic E-state index is 11.3. The molecule has 0 atom stereocenters. The predicted molar refractivity (Wildman–Crippen MR) is 62.4 cm³/mol. The molecule has 0 radical (unpaired) electrons. The molecule has 0 fully saturated rings. The molecule has 0 aliphatic heterocycles. The lowest BCUT2D eigenvalue weighted by Gasteiger charge is -2.02. The summed E-state index contributed by atoms with van der Waals surface area (Å²) in [5.41, 5.74) is 1.08. The van der Waals surface area contributed by atoms with Gasteiger partial charge in [0.05, 0.1) is 5.69 Å². The standard InChI is InChI=1S/C11H7N3OS/c12-6-8-9(7-4-2-1-3-5-7)13-11(15)14-10(8)16/h1-5H,(H2,13,14,15,16). The molecule has 2 rings (SSSR count). The average molecular weight is 229 g/mol. The van der Waals surface area contributed by atoms with Crippen molar-refractivity contribution in [2.24, 2.45) is 0 Å². The van der Waals surface area contributed by atoms with Crippen LogP contribution in [0.25, 0.3) is 11.3 Å². The molecule has 0 amide bonds. The van der Waals surface area contributed by atoms with Crippen LogP contribution in [0.3, 0.4) is 0 Å². The number of rotatable bonds is 1. The number of nitrogens with zero attached hydrogens (tertiary/aromatic N) is 1. The zero-order chi connectivity index (χ0) is 11.5. The van der Waals surface area contributed by atoms with Crippen molar-refractivity contribution in [2.75, 3.05) is 0 Å². The van der Waals surface area contributed by atoms with E-state index < -0.39 is 5.69 Å². The fraction of sp³-hybridized carbons (Fsp3) is 0. The highest BCUT2D eigenvalue weighted by atomic mass is 32.1. The number of nitriles is 1. The van der Waals surface area contributed by atoms with Crippen molar-refractivity contribution in [1.82, 2.24) is 9.97 Å². The topological polar surface area (TPSA) is 72.4 Å². The number of hydrogen-bond donors (Lipinski definition) is 2. The molecular weight excluding hydrogens is 222 g/mol. The molecule has 1 aromatic heterocycles. The molecule has 1 aromatic carbocycles. The number of benzene rings is 1. The number of aromatic amines is 2. The summed E-state index contributed by atoms with van der Waals surface area (Å²) in [6.45, 7) is 0. The van der Waals surface area contributed by atoms with Gasteiger partial charge in [0.2, 0.25) is 0 Å². The van der Waals surface area contributed by atoms with Gasteiger partial charge in [0.1, 0.15) is 16.3 Å². The zero-order valence-electron chi connectivity index (χ0n) is 8.15. The van der Waals surface area contributed by atoms with Gasteiger partial charge in [-0.25, -0.2) is 4.79 Å². The molecule has 0 aliphatic carbocycles. The Hall–Kier alpha value is -2.19. The van der Waals surface area contributed by atoms with Crippen LogP contribution in [0.15, 0.2) is 35.1 Å². The minimum absolute atomic E-state index is 0.158. The van der Waals surface area contributed by atoms with E-state index in [2.05, 4.69) is 9.97 Å². The first-order valence-electron chi connectivity index (χ1n) is 4.54. The second-order valence-electron chi connectivity index (χ2n) is 3.14. The van der Waals surface area contributed by atoms with Crippen LogP contribution in [0.5, 0.6) is 0 Å². The summed E-state index contributed by atoms with van der Waals surface area (Å²) in [7, 11) is 0. The van der Waals surface area contributed by atoms with Crippen molar-refractivity contribution in [3.05, 3.63) is 51.0 Å². The maximum Gasteiger partial charge on any atom is 0.324 e. The van der Waals surface area contributed by atoms with Crippen LogP contribution in [0, 0.1) is 16.0 Å². The van der Waals surface area contributed by atoms with Gasteiger partial charge in [-0.2, -0.15) is 5.26 Å². The van der Waals surface area contributed by atoms with Crippen LogP contribution in [0.1, 0.15) is 5.56 Å². The van der Waals surface area contributed by atoms with Gasteiger partial charge in [-0.3, -0.25) is 4.98 Å². The maximum absolute atomic E-state index is 11.3. The quantitative estimate of drug-likeness (QED) is 0.734. The smallest absolute Gasteiger partial charge is 0.306 e. The Labute approximate surface area is 96.2 Å². The lowest BCUT2D eigenvalue weighted by atomic mass is 10.1. The van der Waals surface area contributed by atoms with Crippen LogP contribution in [0.4, 0.5) is 0 Å². The minimum atomic E-state index is -0.414. The monoisotopic (exact) mass is 229 g/mol. The highest BCUT2D eigenvalue weighted by Gasteiger charge is 2.07. The number of H-pyrrole nitrogens is 2. The molecule has 2 aromatic rings. The van der Waals surface area contributed by atoms with Gasteiger partial charge in [0.15, 0.2) is 0 Å². The van der Waals surface area contributed by atoms with E-state index >= 15 is 0 Å². The van der Waals surface area contributed by atoms with E-state index in [0.29, 0.717) is 5.69 Å². The van der Waals surface area contributed by atoms with Crippen LogP contribution in [0.2, 0.25) is 0 Å². The number of aromatic nitrogens is 2. The Kier molecular flexibility index (Phi) is 2.66. The highest BCUT2D eigenvalue weighted by molar-refractivity contribution is 7.71. The summed E-state index contributed by atoms with van der Waals surface area (Å²) in [5.74, 6) is 0. The van der Waals surface area contributed by atoms with Crippen molar-refractivity contribution in [3.8, 4) is 17.3 Å². The van der Waals surface area contributed by atoms with E-state index in [1.807, 2.05) is 24.3 Å². The van der Waals surface area contributed by atoms with Gasteiger partial charge in [0.25, 0.3) is 0 Å². The third-order valence-corrected chi connectivity index (χ3v) is 2.42. The Morgan fingerprint density at radius 1 is 1.19 bits per heavy atom. The van der Waals surface area contributed by atoms with Gasteiger partial charge in [-0.15, -0.1) is 0 Å². The number of hydrogen-bond acceptors (Lipinski definition) is 3. The summed E-state index contributed by atoms with van der Waals surface area (Å²) < 4.78 is 0.158. The fourth-order valence-electron chi connectivity index (χ4n) is 1.41. The Morgan fingerprint density at radius 2 is 1.88 bits per heavy atom. The van der Waals surface area contributed by atoms with Gasteiger partial charge in [-0.1, -0.05) is 42.5 Å². The van der Waals surface area contributed by atoms with E-state index in [0.717, 1.165) is 5.56 Å². The zero-order valence-corrected chi connectivity index (χ0v) is 8.97. The molecule has 0 saturated carbocycles. The van der Waals surface area contributed by atoms with E-state index in [-0.39, 0.29) is 10.2 Å². The third kappa shape index (κ3) is 1.78. The summed E-state index contributed by atoms with van der Waals surface area (Å²) in [4.78, 5) is 16.2. The van der Waals surface area contributed by atoms with Crippen LogP contribution >= 0.6 is 12.2 Å². The normalized spacial score (nSPS) is 9.69. The fourth-order valence-corrected chi connectivity index (χ4v) is 1.65. The Morgan fingerprint density at radius 3 is 2.50 bits per heavy atom. The van der Waals surface area contributed by atoms with Crippen molar-refractivity contribution in [2.45, 2.75) is 0 Å².